The van der Waals surface area contributed by atoms with E-state index in [2.05, 4.69) is 10.6 Å². The fourth-order valence-corrected chi connectivity index (χ4v) is 1.80. The smallest absolute Gasteiger partial charge is 0.240 e. The van der Waals surface area contributed by atoms with Crippen molar-refractivity contribution in [1.82, 2.24) is 10.6 Å². The Kier molecular flexibility index (Phi) is 1.60. The number of carbonyl (C=O) groups excluding carboxylic acids is 1. The minimum atomic E-state index is -0.156. The first-order valence-corrected chi connectivity index (χ1v) is 4.37. The first-order valence-electron chi connectivity index (χ1n) is 4.37. The third kappa shape index (κ3) is 1.03. The molecule has 0 aromatic rings. The number of amides is 1. The molecule has 2 N–H and O–H groups in total. The number of nitrogens with one attached hydrogen (secondary N) is 2. The van der Waals surface area contributed by atoms with E-state index in [0.717, 1.165) is 32.4 Å². The van der Waals surface area contributed by atoms with E-state index < -0.39 is 0 Å². The van der Waals surface area contributed by atoms with Crippen molar-refractivity contribution in [1.29, 1.82) is 0 Å². The standard InChI is InChI=1S/C8H14N2O/c11-7-8(3-1-4-8)10-6-2-5-9-7/h10H,1-6H2,(H,9,11). The number of hydrogen-bond acceptors (Lipinski definition) is 2. The maximum atomic E-state index is 11.4. The van der Waals surface area contributed by atoms with Crippen LogP contribution in [0.4, 0.5) is 0 Å². The third-order valence-electron chi connectivity index (χ3n) is 2.74. The highest BCUT2D eigenvalue weighted by molar-refractivity contribution is 5.87. The van der Waals surface area contributed by atoms with E-state index in [0.29, 0.717) is 0 Å². The second-order valence-electron chi connectivity index (χ2n) is 3.47. The van der Waals surface area contributed by atoms with E-state index in [4.69, 9.17) is 0 Å². The predicted molar refractivity (Wildman–Crippen MR) is 42.2 cm³/mol. The molecule has 1 heterocycles. The molecule has 11 heavy (non-hydrogen) atoms. The molecule has 1 spiro atoms. The number of hydrogen-bond donors (Lipinski definition) is 2. The van der Waals surface area contributed by atoms with Crippen molar-refractivity contribution >= 4 is 5.91 Å². The Morgan fingerprint density at radius 2 is 2.00 bits per heavy atom. The zero-order valence-electron chi connectivity index (χ0n) is 6.65. The number of rotatable bonds is 0. The lowest BCUT2D eigenvalue weighted by Crippen LogP contribution is -2.59. The highest BCUT2D eigenvalue weighted by Gasteiger charge is 2.44. The van der Waals surface area contributed by atoms with Crippen LogP contribution in [0, 0.1) is 0 Å². The summed E-state index contributed by atoms with van der Waals surface area (Å²) in [5.41, 5.74) is -0.156. The lowest BCUT2D eigenvalue weighted by Gasteiger charge is -2.39. The van der Waals surface area contributed by atoms with Gasteiger partial charge in [0.25, 0.3) is 0 Å². The number of carbonyl (C=O) groups is 1. The maximum Gasteiger partial charge on any atom is 0.240 e. The SMILES string of the molecule is O=C1NCCCNC12CCC2. The summed E-state index contributed by atoms with van der Waals surface area (Å²) < 4.78 is 0. The van der Waals surface area contributed by atoms with Crippen molar-refractivity contribution in [3.05, 3.63) is 0 Å². The largest absolute Gasteiger partial charge is 0.354 e. The van der Waals surface area contributed by atoms with Gasteiger partial charge < -0.3 is 10.6 Å². The zero-order chi connectivity index (χ0) is 7.73. The Morgan fingerprint density at radius 3 is 2.64 bits per heavy atom. The van der Waals surface area contributed by atoms with Crippen LogP contribution in [0.25, 0.3) is 0 Å². The van der Waals surface area contributed by atoms with Crippen molar-refractivity contribution in [3.63, 3.8) is 0 Å². The molecule has 0 atom stereocenters. The molecule has 2 fully saturated rings. The molecule has 1 saturated heterocycles. The molecule has 62 valence electrons. The average molecular weight is 154 g/mol. The van der Waals surface area contributed by atoms with Gasteiger partial charge in [0, 0.05) is 6.54 Å². The van der Waals surface area contributed by atoms with Crippen LogP contribution in [0.15, 0.2) is 0 Å². The second kappa shape index (κ2) is 2.48. The Bertz CT molecular complexity index is 175. The summed E-state index contributed by atoms with van der Waals surface area (Å²) in [5.74, 6) is 0.223. The molecule has 0 aromatic heterocycles. The summed E-state index contributed by atoms with van der Waals surface area (Å²) in [6.07, 6.45) is 4.31. The normalized spacial score (nSPS) is 28.9. The van der Waals surface area contributed by atoms with Crippen molar-refractivity contribution < 1.29 is 4.79 Å². The van der Waals surface area contributed by atoms with Crippen LogP contribution in [0.1, 0.15) is 25.7 Å². The van der Waals surface area contributed by atoms with Gasteiger partial charge in [-0.2, -0.15) is 0 Å². The summed E-state index contributed by atoms with van der Waals surface area (Å²) in [7, 11) is 0. The van der Waals surface area contributed by atoms with Gasteiger partial charge in [0.1, 0.15) is 0 Å². The van der Waals surface area contributed by atoms with Crippen LogP contribution in [0.5, 0.6) is 0 Å². The molecule has 1 aliphatic heterocycles. The first-order chi connectivity index (χ1) is 5.33. The van der Waals surface area contributed by atoms with Crippen molar-refractivity contribution in [2.45, 2.75) is 31.2 Å². The summed E-state index contributed by atoms with van der Waals surface area (Å²) in [4.78, 5) is 11.4. The molecule has 3 heteroatoms. The maximum absolute atomic E-state index is 11.4. The van der Waals surface area contributed by atoms with E-state index in [1.165, 1.54) is 6.42 Å². The highest BCUT2D eigenvalue weighted by Crippen LogP contribution is 2.32. The van der Waals surface area contributed by atoms with E-state index in [9.17, 15) is 4.79 Å². The summed E-state index contributed by atoms with van der Waals surface area (Å²) >= 11 is 0. The molecule has 0 bridgehead atoms. The molecular weight excluding hydrogens is 140 g/mol. The van der Waals surface area contributed by atoms with E-state index >= 15 is 0 Å². The lowest BCUT2D eigenvalue weighted by atomic mass is 9.76. The fraction of sp³-hybridized carbons (Fsp3) is 0.875. The molecule has 0 aromatic carbocycles. The molecule has 1 amide bonds. The molecule has 1 aliphatic carbocycles. The fourth-order valence-electron chi connectivity index (χ4n) is 1.80. The van der Waals surface area contributed by atoms with E-state index in [1.807, 2.05) is 0 Å². The highest BCUT2D eigenvalue weighted by atomic mass is 16.2. The average Bonchev–Trinajstić information content (AvgIpc) is 2.09. The van der Waals surface area contributed by atoms with Gasteiger partial charge in [-0.05, 0) is 32.2 Å². The molecule has 2 rings (SSSR count). The van der Waals surface area contributed by atoms with Gasteiger partial charge in [-0.1, -0.05) is 0 Å². The van der Waals surface area contributed by atoms with Gasteiger partial charge in [-0.3, -0.25) is 4.79 Å². The van der Waals surface area contributed by atoms with Gasteiger partial charge >= 0.3 is 0 Å². The Balaban J connectivity index is 2.09. The lowest BCUT2D eigenvalue weighted by molar-refractivity contribution is -0.130. The molecular formula is C8H14N2O. The Hall–Kier alpha value is -0.570. The van der Waals surface area contributed by atoms with Gasteiger partial charge in [0.2, 0.25) is 5.91 Å². The molecule has 0 radical (unpaired) electrons. The van der Waals surface area contributed by atoms with Crippen LogP contribution in [-0.4, -0.2) is 24.5 Å². The Labute approximate surface area is 66.5 Å². The van der Waals surface area contributed by atoms with Crippen LogP contribution in [0.2, 0.25) is 0 Å². The molecule has 1 saturated carbocycles. The Morgan fingerprint density at radius 1 is 1.18 bits per heavy atom. The van der Waals surface area contributed by atoms with Gasteiger partial charge in [-0.15, -0.1) is 0 Å². The van der Waals surface area contributed by atoms with Crippen molar-refractivity contribution in [3.8, 4) is 0 Å². The minimum absolute atomic E-state index is 0.156. The monoisotopic (exact) mass is 154 g/mol. The third-order valence-corrected chi connectivity index (χ3v) is 2.74. The molecule has 0 unspecified atom stereocenters. The van der Waals surface area contributed by atoms with Gasteiger partial charge in [-0.25, -0.2) is 0 Å². The minimum Gasteiger partial charge on any atom is -0.354 e. The van der Waals surface area contributed by atoms with E-state index in [-0.39, 0.29) is 11.4 Å². The van der Waals surface area contributed by atoms with Gasteiger partial charge in [0.05, 0.1) is 5.54 Å². The summed E-state index contributed by atoms with van der Waals surface area (Å²) in [6, 6.07) is 0. The second-order valence-corrected chi connectivity index (χ2v) is 3.47. The summed E-state index contributed by atoms with van der Waals surface area (Å²) in [5, 5.41) is 6.27. The molecule has 3 nitrogen and oxygen atoms in total. The molecule has 2 aliphatic rings. The van der Waals surface area contributed by atoms with Crippen LogP contribution in [-0.2, 0) is 4.79 Å². The van der Waals surface area contributed by atoms with Gasteiger partial charge in [0.15, 0.2) is 0 Å². The van der Waals surface area contributed by atoms with Crippen LogP contribution < -0.4 is 10.6 Å². The zero-order valence-corrected chi connectivity index (χ0v) is 6.65. The van der Waals surface area contributed by atoms with Crippen LogP contribution in [0.3, 0.4) is 0 Å². The summed E-state index contributed by atoms with van der Waals surface area (Å²) in [6.45, 7) is 1.83. The quantitative estimate of drug-likeness (QED) is 0.516. The first kappa shape index (κ1) is 7.10. The predicted octanol–water partition coefficient (Wildman–Crippen LogP) is 0.0186. The van der Waals surface area contributed by atoms with E-state index in [1.54, 1.807) is 0 Å². The van der Waals surface area contributed by atoms with Crippen LogP contribution >= 0.6 is 0 Å². The topological polar surface area (TPSA) is 41.1 Å². The van der Waals surface area contributed by atoms with Crippen molar-refractivity contribution in [2.75, 3.05) is 13.1 Å². The van der Waals surface area contributed by atoms with Crippen molar-refractivity contribution in [2.24, 2.45) is 0 Å².